The minimum absolute atomic E-state index is 0.0139. The minimum atomic E-state index is -0.649. The summed E-state index contributed by atoms with van der Waals surface area (Å²) in [5.74, 6) is -0.235. The number of Topliss-reactive ketones (excluding diaryl/α,β-unsaturated/α-hetero) is 1. The van der Waals surface area contributed by atoms with Crippen molar-refractivity contribution < 1.29 is 9.59 Å². The smallest absolute Gasteiger partial charge is 0.230 e. The number of nitrogens with zero attached hydrogens (tertiary/aromatic N) is 4. The maximum absolute atomic E-state index is 13.6. The fourth-order valence-electron chi connectivity index (χ4n) is 5.74. The van der Waals surface area contributed by atoms with E-state index < -0.39 is 5.92 Å². The van der Waals surface area contributed by atoms with Crippen LogP contribution >= 0.6 is 34.7 Å². The molecule has 204 valence electrons. The van der Waals surface area contributed by atoms with Crippen molar-refractivity contribution in [2.75, 3.05) is 10.7 Å². The van der Waals surface area contributed by atoms with Gasteiger partial charge in [0.1, 0.15) is 5.82 Å². The summed E-state index contributed by atoms with van der Waals surface area (Å²) in [6.07, 6.45) is 6.53. The number of thioether (sulfide) groups is 1. The molecular formula is C28H31ClN6O2S2. The SMILES string of the molecule is CC1(C)CC(=O)C2=C(C1)N(c1nnc(SCC(=O)NC3CCCCC3)s1)C(N)=C(C#N)C2c1ccccc1Cl. The molecule has 1 atom stereocenters. The molecule has 5 rings (SSSR count). The van der Waals surface area contributed by atoms with Crippen molar-refractivity contribution in [1.29, 1.82) is 5.26 Å². The zero-order valence-electron chi connectivity index (χ0n) is 22.0. The molecule has 0 bridgehead atoms. The van der Waals surface area contributed by atoms with Gasteiger partial charge in [-0.3, -0.25) is 14.5 Å². The average molecular weight is 583 g/mol. The zero-order chi connectivity index (χ0) is 27.7. The van der Waals surface area contributed by atoms with Crippen molar-refractivity contribution in [3.8, 4) is 6.07 Å². The standard InChI is InChI=1S/C28H31ClN6O2S2/c1-28(2)12-20-24(21(36)13-28)23(17-10-6-7-11-19(17)29)18(14-30)25(31)35(20)26-33-34-27(39-26)38-15-22(37)32-16-8-4-3-5-9-16/h6-7,10-11,16,23H,3-5,8-9,12-13,15,31H2,1-2H3,(H,32,37). The molecule has 1 amide bonds. The second-order valence-corrected chi connectivity index (χ2v) is 13.6. The summed E-state index contributed by atoms with van der Waals surface area (Å²) >= 11 is 9.18. The van der Waals surface area contributed by atoms with E-state index in [1.54, 1.807) is 11.0 Å². The fraction of sp³-hybridized carbons (Fsp3) is 0.464. The molecule has 3 aliphatic rings. The Balaban J connectivity index is 1.46. The van der Waals surface area contributed by atoms with Crippen LogP contribution < -0.4 is 16.0 Å². The summed E-state index contributed by atoms with van der Waals surface area (Å²) in [7, 11) is 0. The van der Waals surface area contributed by atoms with Crippen LogP contribution in [0.15, 0.2) is 51.3 Å². The van der Waals surface area contributed by atoms with Crippen molar-refractivity contribution in [1.82, 2.24) is 15.5 Å². The normalized spacial score (nSPS) is 21.5. The lowest BCUT2D eigenvalue weighted by molar-refractivity contribution is -0.119. The molecule has 2 heterocycles. The van der Waals surface area contributed by atoms with E-state index in [0.717, 1.165) is 31.4 Å². The Morgan fingerprint density at radius 2 is 2.00 bits per heavy atom. The maximum atomic E-state index is 13.6. The van der Waals surface area contributed by atoms with Gasteiger partial charge in [-0.1, -0.05) is 86.0 Å². The summed E-state index contributed by atoms with van der Waals surface area (Å²) in [5, 5.41) is 23.0. The number of nitrogens with one attached hydrogen (secondary N) is 1. The number of amides is 1. The van der Waals surface area contributed by atoms with E-state index in [1.807, 2.05) is 32.0 Å². The van der Waals surface area contributed by atoms with Crippen LogP contribution in [0.1, 0.15) is 70.3 Å². The Morgan fingerprint density at radius 3 is 2.72 bits per heavy atom. The molecule has 1 aliphatic heterocycles. The van der Waals surface area contributed by atoms with Gasteiger partial charge in [-0.15, -0.1) is 10.2 Å². The predicted octanol–water partition coefficient (Wildman–Crippen LogP) is 5.67. The van der Waals surface area contributed by atoms with Gasteiger partial charge in [0.25, 0.3) is 0 Å². The van der Waals surface area contributed by atoms with Gasteiger partial charge >= 0.3 is 0 Å². The van der Waals surface area contributed by atoms with Crippen LogP contribution in [0.25, 0.3) is 0 Å². The maximum Gasteiger partial charge on any atom is 0.230 e. The number of nitriles is 1. The number of carbonyl (C=O) groups is 2. The first kappa shape index (κ1) is 27.7. The van der Waals surface area contributed by atoms with Crippen molar-refractivity contribution in [2.24, 2.45) is 11.1 Å². The molecule has 1 aromatic heterocycles. The Bertz CT molecular complexity index is 1400. The molecule has 1 aromatic carbocycles. The van der Waals surface area contributed by atoms with Crippen molar-refractivity contribution in [3.05, 3.63) is 57.5 Å². The molecular weight excluding hydrogens is 552 g/mol. The summed E-state index contributed by atoms with van der Waals surface area (Å²) in [6.45, 7) is 4.09. The molecule has 1 fully saturated rings. The second-order valence-electron chi connectivity index (χ2n) is 11.0. The first-order valence-electron chi connectivity index (χ1n) is 13.1. The Hall–Kier alpha value is -2.87. The highest BCUT2D eigenvalue weighted by atomic mass is 35.5. The molecule has 3 N–H and O–H groups in total. The van der Waals surface area contributed by atoms with Crippen LogP contribution in [-0.2, 0) is 9.59 Å². The Morgan fingerprint density at radius 1 is 1.26 bits per heavy atom. The molecule has 11 heteroatoms. The number of anilines is 1. The number of benzene rings is 1. The number of ketones is 1. The van der Waals surface area contributed by atoms with Gasteiger partial charge in [-0.05, 0) is 36.3 Å². The Kier molecular flexibility index (Phi) is 8.04. The molecule has 2 aliphatic carbocycles. The first-order chi connectivity index (χ1) is 18.7. The van der Waals surface area contributed by atoms with Gasteiger partial charge in [-0.2, -0.15) is 5.26 Å². The van der Waals surface area contributed by atoms with Crippen molar-refractivity contribution in [2.45, 2.75) is 75.1 Å². The molecule has 0 saturated heterocycles. The van der Waals surface area contributed by atoms with Gasteiger partial charge in [0.15, 0.2) is 10.1 Å². The number of hydrogen-bond donors (Lipinski definition) is 2. The monoisotopic (exact) mass is 582 g/mol. The van der Waals surface area contributed by atoms with Crippen LogP contribution in [0.5, 0.6) is 0 Å². The summed E-state index contributed by atoms with van der Waals surface area (Å²) < 4.78 is 0.617. The molecule has 0 spiro atoms. The molecule has 8 nitrogen and oxygen atoms in total. The van der Waals surface area contributed by atoms with Crippen LogP contribution in [0.2, 0.25) is 5.02 Å². The van der Waals surface area contributed by atoms with Gasteiger partial charge in [0.2, 0.25) is 11.0 Å². The fourth-order valence-corrected chi connectivity index (χ4v) is 7.68. The molecule has 39 heavy (non-hydrogen) atoms. The lowest BCUT2D eigenvalue weighted by Crippen LogP contribution is -2.42. The summed E-state index contributed by atoms with van der Waals surface area (Å²) in [4.78, 5) is 27.9. The van der Waals surface area contributed by atoms with Crippen LogP contribution in [-0.4, -0.2) is 33.7 Å². The van der Waals surface area contributed by atoms with E-state index in [1.165, 1.54) is 29.5 Å². The van der Waals surface area contributed by atoms with Gasteiger partial charge in [-0.25, -0.2) is 0 Å². The number of hydrogen-bond acceptors (Lipinski definition) is 9. The highest BCUT2D eigenvalue weighted by molar-refractivity contribution is 8.01. The second kappa shape index (κ2) is 11.3. The van der Waals surface area contributed by atoms with Crippen molar-refractivity contribution >= 4 is 51.5 Å². The quantitative estimate of drug-likeness (QED) is 0.417. The molecule has 1 unspecified atom stereocenters. The zero-order valence-corrected chi connectivity index (χ0v) is 24.4. The predicted molar refractivity (Wildman–Crippen MR) is 154 cm³/mol. The summed E-state index contributed by atoms with van der Waals surface area (Å²) in [5.41, 5.74) is 8.57. The van der Waals surface area contributed by atoms with Gasteiger partial charge < -0.3 is 11.1 Å². The van der Waals surface area contributed by atoms with Gasteiger partial charge in [0, 0.05) is 28.8 Å². The molecule has 0 radical (unpaired) electrons. The van der Waals surface area contributed by atoms with Gasteiger partial charge in [0.05, 0.1) is 23.3 Å². The number of halogens is 1. The summed E-state index contributed by atoms with van der Waals surface area (Å²) in [6, 6.07) is 9.76. The van der Waals surface area contributed by atoms with E-state index >= 15 is 0 Å². The van der Waals surface area contributed by atoms with Crippen LogP contribution in [0.3, 0.4) is 0 Å². The number of nitrogens with two attached hydrogens (primary N) is 1. The highest BCUT2D eigenvalue weighted by Gasteiger charge is 2.45. The largest absolute Gasteiger partial charge is 0.384 e. The van der Waals surface area contributed by atoms with E-state index in [-0.39, 0.29) is 40.3 Å². The van der Waals surface area contributed by atoms with Crippen LogP contribution in [0.4, 0.5) is 5.13 Å². The van der Waals surface area contributed by atoms with Crippen molar-refractivity contribution in [3.63, 3.8) is 0 Å². The lowest BCUT2D eigenvalue weighted by atomic mass is 9.68. The van der Waals surface area contributed by atoms with E-state index in [4.69, 9.17) is 17.3 Å². The number of carbonyl (C=O) groups excluding carboxylic acids is 2. The van der Waals surface area contributed by atoms with E-state index in [2.05, 4.69) is 21.6 Å². The number of allylic oxidation sites excluding steroid dienone is 3. The third kappa shape index (κ3) is 5.72. The third-order valence-electron chi connectivity index (χ3n) is 7.48. The minimum Gasteiger partial charge on any atom is -0.384 e. The third-order valence-corrected chi connectivity index (χ3v) is 9.87. The first-order valence-corrected chi connectivity index (χ1v) is 15.3. The van der Waals surface area contributed by atoms with E-state index in [0.29, 0.717) is 38.5 Å². The highest BCUT2D eigenvalue weighted by Crippen LogP contribution is 2.51. The number of rotatable bonds is 6. The lowest BCUT2D eigenvalue weighted by Gasteiger charge is -2.42. The van der Waals surface area contributed by atoms with Crippen LogP contribution in [0, 0.1) is 16.7 Å². The Labute approximate surface area is 241 Å². The number of aromatic nitrogens is 2. The molecule has 1 saturated carbocycles. The van der Waals surface area contributed by atoms with E-state index in [9.17, 15) is 14.9 Å². The average Bonchev–Trinajstić information content (AvgIpc) is 3.35. The molecule has 2 aromatic rings. The topological polar surface area (TPSA) is 125 Å².